The second-order valence-electron chi connectivity index (χ2n) is 5.89. The van der Waals surface area contributed by atoms with Crippen molar-refractivity contribution in [3.05, 3.63) is 27.6 Å². The van der Waals surface area contributed by atoms with Gasteiger partial charge in [0.2, 0.25) is 0 Å². The Bertz CT molecular complexity index is 580. The Kier molecular flexibility index (Phi) is 2.84. The van der Waals surface area contributed by atoms with Crippen LogP contribution < -0.4 is 5.73 Å². The molecule has 1 aliphatic carbocycles. The molecule has 0 aromatic carbocycles. The van der Waals surface area contributed by atoms with Gasteiger partial charge in [-0.15, -0.1) is 22.7 Å². The Morgan fingerprint density at radius 3 is 2.78 bits per heavy atom. The monoisotopic (exact) mass is 278 g/mol. The highest BCUT2D eigenvalue weighted by Crippen LogP contribution is 2.44. The van der Waals surface area contributed by atoms with Crippen molar-refractivity contribution >= 4 is 22.7 Å². The van der Waals surface area contributed by atoms with Gasteiger partial charge in [0, 0.05) is 15.8 Å². The molecule has 2 N–H and O–H groups in total. The van der Waals surface area contributed by atoms with E-state index in [4.69, 9.17) is 10.7 Å². The molecular formula is C14H18N2S2. The number of thiophene rings is 1. The average Bonchev–Trinajstić information content (AvgIpc) is 2.82. The molecule has 0 bridgehead atoms. The molecule has 2 heterocycles. The number of nitrogens with two attached hydrogens (primary N) is 1. The fourth-order valence-electron chi connectivity index (χ4n) is 2.65. The van der Waals surface area contributed by atoms with Crippen molar-refractivity contribution in [2.45, 2.75) is 39.7 Å². The molecule has 1 atom stereocenters. The lowest BCUT2D eigenvalue weighted by molar-refractivity contribution is 0.282. The molecule has 2 aromatic rings. The number of aromatic nitrogens is 1. The zero-order chi connectivity index (χ0) is 12.9. The van der Waals surface area contributed by atoms with Crippen LogP contribution in [0.25, 0.3) is 9.88 Å². The second-order valence-corrected chi connectivity index (χ2v) is 8.21. The molecule has 2 nitrogen and oxygen atoms in total. The van der Waals surface area contributed by atoms with Crippen LogP contribution in [0.2, 0.25) is 0 Å². The smallest absolute Gasteiger partial charge is 0.133 e. The van der Waals surface area contributed by atoms with Crippen LogP contribution >= 0.6 is 22.7 Å². The standard InChI is InChI=1S/C14H18N2S2/c1-8-4-5-11(17-8)13-16-10-7-14(2,3)6-9(15)12(10)18-13/h4-5,9H,6-7,15H2,1-3H3. The number of rotatable bonds is 1. The zero-order valence-electron chi connectivity index (χ0n) is 11.0. The maximum Gasteiger partial charge on any atom is 0.133 e. The molecule has 0 radical (unpaired) electrons. The van der Waals surface area contributed by atoms with Gasteiger partial charge in [0.05, 0.1) is 10.6 Å². The fraction of sp³-hybridized carbons (Fsp3) is 0.500. The quantitative estimate of drug-likeness (QED) is 0.851. The number of hydrogen-bond acceptors (Lipinski definition) is 4. The zero-order valence-corrected chi connectivity index (χ0v) is 12.6. The Hall–Kier alpha value is -0.710. The summed E-state index contributed by atoms with van der Waals surface area (Å²) in [6.07, 6.45) is 2.11. The van der Waals surface area contributed by atoms with E-state index in [1.165, 1.54) is 20.3 Å². The lowest BCUT2D eigenvalue weighted by Crippen LogP contribution is -2.28. The summed E-state index contributed by atoms with van der Waals surface area (Å²) in [7, 11) is 0. The van der Waals surface area contributed by atoms with Gasteiger partial charge in [-0.3, -0.25) is 0 Å². The van der Waals surface area contributed by atoms with Crippen molar-refractivity contribution in [2.24, 2.45) is 11.1 Å². The van der Waals surface area contributed by atoms with E-state index in [1.54, 1.807) is 11.3 Å². The maximum absolute atomic E-state index is 6.29. The van der Waals surface area contributed by atoms with Crippen molar-refractivity contribution in [1.82, 2.24) is 4.98 Å². The molecule has 96 valence electrons. The Balaban J connectivity index is 2.02. The number of thiazole rings is 1. The van der Waals surface area contributed by atoms with Gasteiger partial charge < -0.3 is 5.73 Å². The lowest BCUT2D eigenvalue weighted by Gasteiger charge is -2.32. The Labute approximate surface area is 116 Å². The molecule has 3 rings (SSSR count). The second kappa shape index (κ2) is 4.15. The van der Waals surface area contributed by atoms with E-state index in [0.717, 1.165) is 17.8 Å². The molecule has 2 aromatic heterocycles. The highest BCUT2D eigenvalue weighted by Gasteiger charge is 2.33. The number of fused-ring (bicyclic) bond motifs is 1. The third-order valence-electron chi connectivity index (χ3n) is 3.43. The minimum atomic E-state index is 0.163. The van der Waals surface area contributed by atoms with Crippen LogP contribution in [0.4, 0.5) is 0 Å². The predicted molar refractivity (Wildman–Crippen MR) is 79.2 cm³/mol. The molecule has 0 spiro atoms. The van der Waals surface area contributed by atoms with E-state index < -0.39 is 0 Å². The summed E-state index contributed by atoms with van der Waals surface area (Å²) in [5, 5.41) is 1.14. The van der Waals surface area contributed by atoms with Gasteiger partial charge in [-0.25, -0.2) is 4.98 Å². The summed E-state index contributed by atoms with van der Waals surface area (Å²) in [6, 6.07) is 4.49. The molecule has 0 fully saturated rings. The molecule has 4 heteroatoms. The molecule has 1 unspecified atom stereocenters. The van der Waals surface area contributed by atoms with E-state index in [1.807, 2.05) is 11.3 Å². The van der Waals surface area contributed by atoms with Gasteiger partial charge in [-0.2, -0.15) is 0 Å². The third-order valence-corrected chi connectivity index (χ3v) is 5.83. The summed E-state index contributed by atoms with van der Waals surface area (Å²) >= 11 is 3.60. The topological polar surface area (TPSA) is 38.9 Å². The van der Waals surface area contributed by atoms with Crippen molar-refractivity contribution in [2.75, 3.05) is 0 Å². The first-order chi connectivity index (χ1) is 8.44. The average molecular weight is 278 g/mol. The van der Waals surface area contributed by atoms with E-state index >= 15 is 0 Å². The van der Waals surface area contributed by atoms with E-state index in [0.29, 0.717) is 0 Å². The van der Waals surface area contributed by atoms with Crippen LogP contribution in [0, 0.1) is 12.3 Å². The normalized spacial score (nSPS) is 21.9. The van der Waals surface area contributed by atoms with E-state index in [2.05, 4.69) is 32.9 Å². The van der Waals surface area contributed by atoms with Crippen LogP contribution in [0.3, 0.4) is 0 Å². The highest BCUT2D eigenvalue weighted by molar-refractivity contribution is 7.21. The maximum atomic E-state index is 6.29. The van der Waals surface area contributed by atoms with Crippen LogP contribution in [-0.4, -0.2) is 4.98 Å². The third kappa shape index (κ3) is 2.13. The summed E-state index contributed by atoms with van der Waals surface area (Å²) in [6.45, 7) is 6.70. The van der Waals surface area contributed by atoms with E-state index in [9.17, 15) is 0 Å². The fourth-order valence-corrected chi connectivity index (χ4v) is 4.65. The summed E-state index contributed by atoms with van der Waals surface area (Å²) in [5.74, 6) is 0. The van der Waals surface area contributed by atoms with Gasteiger partial charge >= 0.3 is 0 Å². The van der Waals surface area contributed by atoms with Crippen LogP contribution in [0.15, 0.2) is 12.1 Å². The van der Waals surface area contributed by atoms with Crippen LogP contribution in [0.5, 0.6) is 0 Å². The highest BCUT2D eigenvalue weighted by atomic mass is 32.1. The van der Waals surface area contributed by atoms with E-state index in [-0.39, 0.29) is 11.5 Å². The molecule has 0 amide bonds. The molecule has 18 heavy (non-hydrogen) atoms. The summed E-state index contributed by atoms with van der Waals surface area (Å²) in [5.41, 5.74) is 7.80. The number of hydrogen-bond donors (Lipinski definition) is 1. The van der Waals surface area contributed by atoms with Crippen LogP contribution in [-0.2, 0) is 6.42 Å². The first kappa shape index (κ1) is 12.3. The number of aryl methyl sites for hydroxylation is 1. The van der Waals surface area contributed by atoms with Gasteiger partial charge in [-0.1, -0.05) is 13.8 Å². The minimum Gasteiger partial charge on any atom is -0.323 e. The molecular weight excluding hydrogens is 260 g/mol. The Morgan fingerprint density at radius 1 is 1.33 bits per heavy atom. The largest absolute Gasteiger partial charge is 0.323 e. The molecule has 0 saturated carbocycles. The lowest BCUT2D eigenvalue weighted by atomic mass is 9.77. The molecule has 1 aliphatic rings. The van der Waals surface area contributed by atoms with Gasteiger partial charge in [0.25, 0.3) is 0 Å². The molecule has 0 aliphatic heterocycles. The predicted octanol–water partition coefficient (Wildman–Crippen LogP) is 4.15. The summed E-state index contributed by atoms with van der Waals surface area (Å²) < 4.78 is 0. The van der Waals surface area contributed by atoms with Gasteiger partial charge in [0.1, 0.15) is 5.01 Å². The first-order valence-electron chi connectivity index (χ1n) is 6.27. The molecule has 0 saturated heterocycles. The van der Waals surface area contributed by atoms with Crippen molar-refractivity contribution in [3.8, 4) is 9.88 Å². The van der Waals surface area contributed by atoms with Gasteiger partial charge in [0.15, 0.2) is 0 Å². The Morgan fingerprint density at radius 2 is 2.11 bits per heavy atom. The SMILES string of the molecule is Cc1ccc(-c2nc3c(s2)C(N)CC(C)(C)C3)s1. The first-order valence-corrected chi connectivity index (χ1v) is 7.90. The van der Waals surface area contributed by atoms with Crippen LogP contribution in [0.1, 0.15) is 41.8 Å². The van der Waals surface area contributed by atoms with Crippen molar-refractivity contribution < 1.29 is 0 Å². The minimum absolute atomic E-state index is 0.163. The van der Waals surface area contributed by atoms with Gasteiger partial charge in [-0.05, 0) is 37.3 Å². The van der Waals surface area contributed by atoms with Crippen molar-refractivity contribution in [1.29, 1.82) is 0 Å². The van der Waals surface area contributed by atoms with Crippen molar-refractivity contribution in [3.63, 3.8) is 0 Å². The number of nitrogens with zero attached hydrogens (tertiary/aromatic N) is 1. The summed E-state index contributed by atoms with van der Waals surface area (Å²) in [4.78, 5) is 8.74.